The summed E-state index contributed by atoms with van der Waals surface area (Å²) in [6.45, 7) is 4.19. The summed E-state index contributed by atoms with van der Waals surface area (Å²) in [5, 5.41) is 6.59. The molecule has 2 heterocycles. The van der Waals surface area contributed by atoms with Crippen molar-refractivity contribution in [3.63, 3.8) is 0 Å². The zero-order chi connectivity index (χ0) is 14.0. The molecule has 108 valence electrons. The van der Waals surface area contributed by atoms with Crippen molar-refractivity contribution in [3.05, 3.63) is 11.4 Å². The maximum Gasteiger partial charge on any atom is 0.244 e. The van der Waals surface area contributed by atoms with Gasteiger partial charge in [0.25, 0.3) is 0 Å². The van der Waals surface area contributed by atoms with Gasteiger partial charge in [-0.15, -0.1) is 0 Å². The molecule has 0 bridgehead atoms. The number of aryl methyl sites for hydroxylation is 1. The van der Waals surface area contributed by atoms with E-state index in [-0.39, 0.29) is 11.4 Å². The number of hydrogen-bond acceptors (Lipinski definition) is 5. The van der Waals surface area contributed by atoms with E-state index in [1.54, 1.807) is 6.92 Å². The number of hydrogen-bond donors (Lipinski definition) is 3. The zero-order valence-corrected chi connectivity index (χ0v) is 12.1. The standard InChI is InChI=1S/C11H21N5O2S/c1-8-11(10(5-12)15-14-8)19(17,18)13-6-9-3-4-16(2)7-9/h9,13H,3-7,12H2,1-2H3,(H,14,15). The largest absolute Gasteiger partial charge is 0.325 e. The van der Waals surface area contributed by atoms with Crippen LogP contribution in [0.4, 0.5) is 0 Å². The summed E-state index contributed by atoms with van der Waals surface area (Å²) in [7, 11) is -1.49. The van der Waals surface area contributed by atoms with Gasteiger partial charge in [-0.1, -0.05) is 0 Å². The molecule has 0 saturated carbocycles. The van der Waals surface area contributed by atoms with Crippen molar-refractivity contribution in [1.29, 1.82) is 0 Å². The van der Waals surface area contributed by atoms with Crippen LogP contribution in [0.25, 0.3) is 0 Å². The molecule has 7 nitrogen and oxygen atoms in total. The van der Waals surface area contributed by atoms with Gasteiger partial charge >= 0.3 is 0 Å². The first-order valence-electron chi connectivity index (χ1n) is 6.36. The van der Waals surface area contributed by atoms with Crippen LogP contribution >= 0.6 is 0 Å². The second-order valence-electron chi connectivity index (χ2n) is 5.10. The molecule has 1 unspecified atom stereocenters. The fourth-order valence-corrected chi connectivity index (χ4v) is 3.94. The van der Waals surface area contributed by atoms with Crippen LogP contribution in [0, 0.1) is 12.8 Å². The minimum Gasteiger partial charge on any atom is -0.325 e. The van der Waals surface area contributed by atoms with Crippen molar-refractivity contribution in [1.82, 2.24) is 19.8 Å². The summed E-state index contributed by atoms with van der Waals surface area (Å²) >= 11 is 0. The fourth-order valence-electron chi connectivity index (χ4n) is 2.46. The Morgan fingerprint density at radius 2 is 2.32 bits per heavy atom. The molecule has 1 atom stereocenters. The van der Waals surface area contributed by atoms with E-state index in [9.17, 15) is 8.42 Å². The van der Waals surface area contributed by atoms with Crippen LogP contribution in [0.2, 0.25) is 0 Å². The molecule has 1 aromatic rings. The summed E-state index contributed by atoms with van der Waals surface area (Å²) in [6.07, 6.45) is 1.02. The van der Waals surface area contributed by atoms with Gasteiger partial charge in [0, 0.05) is 19.6 Å². The predicted octanol–water partition coefficient (Wildman–Crippen LogP) is -0.593. The van der Waals surface area contributed by atoms with E-state index in [2.05, 4.69) is 19.8 Å². The predicted molar refractivity (Wildman–Crippen MR) is 72.0 cm³/mol. The van der Waals surface area contributed by atoms with Gasteiger partial charge in [-0.25, -0.2) is 13.1 Å². The summed E-state index contributed by atoms with van der Waals surface area (Å²) in [4.78, 5) is 2.40. The number of nitrogens with two attached hydrogens (primary N) is 1. The minimum absolute atomic E-state index is 0.104. The first-order chi connectivity index (χ1) is 8.94. The third-order valence-corrected chi connectivity index (χ3v) is 5.10. The molecule has 0 radical (unpaired) electrons. The SMILES string of the molecule is Cc1[nH]nc(CN)c1S(=O)(=O)NCC1CCN(C)C1. The minimum atomic E-state index is -3.54. The Bertz CT molecular complexity index is 539. The lowest BCUT2D eigenvalue weighted by Gasteiger charge is -2.12. The van der Waals surface area contributed by atoms with Crippen molar-refractivity contribution >= 4 is 10.0 Å². The summed E-state index contributed by atoms with van der Waals surface area (Å²) in [5.41, 5.74) is 6.42. The number of aromatic nitrogens is 2. The third-order valence-electron chi connectivity index (χ3n) is 3.47. The highest BCUT2D eigenvalue weighted by atomic mass is 32.2. The second-order valence-corrected chi connectivity index (χ2v) is 6.80. The van der Waals surface area contributed by atoms with Crippen LogP contribution in [0.5, 0.6) is 0 Å². The van der Waals surface area contributed by atoms with Crippen molar-refractivity contribution < 1.29 is 8.42 Å². The van der Waals surface area contributed by atoms with Gasteiger partial charge in [-0.2, -0.15) is 5.10 Å². The van der Waals surface area contributed by atoms with E-state index in [0.717, 1.165) is 19.5 Å². The summed E-state index contributed by atoms with van der Waals surface area (Å²) in [6, 6.07) is 0. The lowest BCUT2D eigenvalue weighted by molar-refractivity contribution is 0.394. The number of H-pyrrole nitrogens is 1. The Hall–Kier alpha value is -0.960. The molecule has 1 fully saturated rings. The van der Waals surface area contributed by atoms with E-state index in [1.807, 2.05) is 7.05 Å². The number of likely N-dealkylation sites (tertiary alicyclic amines) is 1. The molecule has 4 N–H and O–H groups in total. The smallest absolute Gasteiger partial charge is 0.244 e. The Kier molecular flexibility index (Phi) is 4.24. The molecule has 0 aliphatic carbocycles. The van der Waals surface area contributed by atoms with Gasteiger partial charge in [-0.3, -0.25) is 5.10 Å². The number of rotatable bonds is 5. The molecule has 0 aromatic carbocycles. The van der Waals surface area contributed by atoms with Crippen LogP contribution in [0.1, 0.15) is 17.8 Å². The molecule has 1 saturated heterocycles. The average Bonchev–Trinajstić information content (AvgIpc) is 2.93. The van der Waals surface area contributed by atoms with E-state index < -0.39 is 10.0 Å². The maximum absolute atomic E-state index is 12.3. The quantitative estimate of drug-likeness (QED) is 0.671. The third kappa shape index (κ3) is 3.14. The highest BCUT2D eigenvalue weighted by molar-refractivity contribution is 7.89. The van der Waals surface area contributed by atoms with Gasteiger partial charge in [0.1, 0.15) is 4.90 Å². The fraction of sp³-hybridized carbons (Fsp3) is 0.727. The van der Waals surface area contributed by atoms with E-state index in [0.29, 0.717) is 23.9 Å². The van der Waals surface area contributed by atoms with Gasteiger partial charge in [0.15, 0.2) is 0 Å². The summed E-state index contributed by atoms with van der Waals surface area (Å²) < 4.78 is 27.3. The average molecular weight is 287 g/mol. The second kappa shape index (κ2) is 5.58. The lowest BCUT2D eigenvalue weighted by Crippen LogP contribution is -2.31. The van der Waals surface area contributed by atoms with Crippen LogP contribution in [-0.4, -0.2) is 50.2 Å². The van der Waals surface area contributed by atoms with Crippen molar-refractivity contribution in [2.75, 3.05) is 26.7 Å². The molecule has 2 rings (SSSR count). The first kappa shape index (κ1) is 14.4. The monoisotopic (exact) mass is 287 g/mol. The van der Waals surface area contributed by atoms with Gasteiger partial charge < -0.3 is 10.6 Å². The number of nitrogens with zero attached hydrogens (tertiary/aromatic N) is 2. The lowest BCUT2D eigenvalue weighted by atomic mass is 10.1. The van der Waals surface area contributed by atoms with Crippen LogP contribution < -0.4 is 10.5 Å². The van der Waals surface area contributed by atoms with Crippen LogP contribution in [0.3, 0.4) is 0 Å². The van der Waals surface area contributed by atoms with E-state index in [4.69, 9.17) is 5.73 Å². The van der Waals surface area contributed by atoms with Crippen LogP contribution in [0.15, 0.2) is 4.90 Å². The molecule has 1 aliphatic rings. The number of sulfonamides is 1. The Morgan fingerprint density at radius 1 is 1.58 bits per heavy atom. The molecule has 1 aliphatic heterocycles. The van der Waals surface area contributed by atoms with Crippen molar-refractivity contribution in [3.8, 4) is 0 Å². The number of nitrogens with one attached hydrogen (secondary N) is 2. The van der Waals surface area contributed by atoms with Crippen molar-refractivity contribution in [2.24, 2.45) is 11.7 Å². The molecule has 1 aromatic heterocycles. The molecule has 19 heavy (non-hydrogen) atoms. The van der Waals surface area contributed by atoms with Gasteiger partial charge in [0.2, 0.25) is 10.0 Å². The van der Waals surface area contributed by atoms with Gasteiger partial charge in [0.05, 0.1) is 11.4 Å². The van der Waals surface area contributed by atoms with E-state index in [1.165, 1.54) is 0 Å². The van der Waals surface area contributed by atoms with E-state index >= 15 is 0 Å². The normalized spacial score (nSPS) is 21.1. The number of aromatic amines is 1. The molecule has 0 spiro atoms. The molecular formula is C11H21N5O2S. The topological polar surface area (TPSA) is 104 Å². The molecule has 8 heteroatoms. The molecular weight excluding hydrogens is 266 g/mol. The highest BCUT2D eigenvalue weighted by Gasteiger charge is 2.26. The Labute approximate surface area is 113 Å². The zero-order valence-electron chi connectivity index (χ0n) is 11.3. The van der Waals surface area contributed by atoms with Crippen LogP contribution in [-0.2, 0) is 16.6 Å². The Balaban J connectivity index is 2.08. The highest BCUT2D eigenvalue weighted by Crippen LogP contribution is 2.18. The Morgan fingerprint density at radius 3 is 2.89 bits per heavy atom. The molecule has 0 amide bonds. The van der Waals surface area contributed by atoms with Gasteiger partial charge in [-0.05, 0) is 32.9 Å². The van der Waals surface area contributed by atoms with Crippen molar-refractivity contribution in [2.45, 2.75) is 24.8 Å². The maximum atomic E-state index is 12.3. The summed E-state index contributed by atoms with van der Waals surface area (Å²) in [5.74, 6) is 0.369. The first-order valence-corrected chi connectivity index (χ1v) is 7.84.